The van der Waals surface area contributed by atoms with E-state index in [4.69, 9.17) is 5.11 Å². The highest BCUT2D eigenvalue weighted by Crippen LogP contribution is 2.36. The van der Waals surface area contributed by atoms with Crippen molar-refractivity contribution >= 4 is 5.97 Å². The van der Waals surface area contributed by atoms with Crippen molar-refractivity contribution in [1.29, 1.82) is 0 Å². The number of halogens is 6. The Labute approximate surface area is 90.5 Å². The molecule has 1 N–H and O–H groups in total. The molecule has 0 radical (unpaired) electrons. The molecule has 1 aromatic carbocycles. The summed E-state index contributed by atoms with van der Waals surface area (Å²) in [5, 5.41) is 8.13. The zero-order chi connectivity index (χ0) is 13.4. The monoisotopic (exact) mass is 258 g/mol. The fourth-order valence-electron chi connectivity index (χ4n) is 1.06. The van der Waals surface area contributed by atoms with Gasteiger partial charge in [-0.25, -0.2) is 9.18 Å². The molecule has 0 saturated heterocycles. The highest BCUT2D eigenvalue weighted by molar-refractivity contribution is 5.77. The van der Waals surface area contributed by atoms with Gasteiger partial charge in [0.1, 0.15) is 5.82 Å². The predicted octanol–water partition coefficient (Wildman–Crippen LogP) is 3.02. The topological polar surface area (TPSA) is 37.3 Å². The Balaban J connectivity index is 3.37. The molecule has 0 bridgehead atoms. The maximum absolute atomic E-state index is 12.9. The van der Waals surface area contributed by atoms with Gasteiger partial charge in [-0.2, -0.15) is 22.0 Å². The number of hydrogen-bond acceptors (Lipinski definition) is 1. The number of rotatable bonds is 2. The van der Waals surface area contributed by atoms with Crippen LogP contribution < -0.4 is 0 Å². The molecule has 0 atom stereocenters. The Morgan fingerprint density at radius 3 is 2.06 bits per heavy atom. The average Bonchev–Trinajstić information content (AvgIpc) is 2.15. The minimum atomic E-state index is -5.17. The summed E-state index contributed by atoms with van der Waals surface area (Å²) >= 11 is 0. The molecule has 8 heteroatoms. The van der Waals surface area contributed by atoms with Gasteiger partial charge in [-0.05, 0) is 18.2 Å². The molecule has 2 nitrogen and oxygen atoms in total. The first-order valence-corrected chi connectivity index (χ1v) is 4.05. The van der Waals surface area contributed by atoms with Gasteiger partial charge >= 0.3 is 18.1 Å². The smallest absolute Gasteiger partial charge is 0.419 e. The van der Waals surface area contributed by atoms with Crippen LogP contribution in [0, 0.1) is 5.82 Å². The molecule has 0 amide bonds. The van der Waals surface area contributed by atoms with Crippen molar-refractivity contribution in [2.24, 2.45) is 0 Å². The van der Waals surface area contributed by atoms with Crippen LogP contribution in [0.1, 0.15) is 11.1 Å². The van der Waals surface area contributed by atoms with Crippen molar-refractivity contribution in [2.45, 2.75) is 12.1 Å². The van der Waals surface area contributed by atoms with E-state index < -0.39 is 35.0 Å². The Morgan fingerprint density at radius 2 is 1.65 bits per heavy atom. The second kappa shape index (κ2) is 3.94. The molecule has 0 heterocycles. The maximum Gasteiger partial charge on any atom is 0.419 e. The molecule has 0 aliphatic heterocycles. The lowest BCUT2D eigenvalue weighted by Crippen LogP contribution is -2.26. The van der Waals surface area contributed by atoms with Crippen molar-refractivity contribution in [2.75, 3.05) is 0 Å². The first kappa shape index (κ1) is 13.3. The Morgan fingerprint density at radius 1 is 1.12 bits per heavy atom. The Kier molecular flexibility index (Phi) is 3.09. The molecule has 0 saturated carbocycles. The summed E-state index contributed by atoms with van der Waals surface area (Å²) < 4.78 is 75.1. The second-order valence-electron chi connectivity index (χ2n) is 3.07. The molecule has 0 spiro atoms. The zero-order valence-electron chi connectivity index (χ0n) is 7.86. The molecule has 94 valence electrons. The number of aliphatic carboxylic acids is 1. The molecule has 0 fully saturated rings. The van der Waals surface area contributed by atoms with E-state index in [1.165, 1.54) is 0 Å². The number of benzene rings is 1. The molecule has 1 rings (SSSR count). The van der Waals surface area contributed by atoms with Crippen LogP contribution in [0.15, 0.2) is 18.2 Å². The van der Waals surface area contributed by atoms with Crippen LogP contribution in [0.5, 0.6) is 0 Å². The number of carbonyl (C=O) groups is 1. The van der Waals surface area contributed by atoms with Crippen molar-refractivity contribution in [3.63, 3.8) is 0 Å². The van der Waals surface area contributed by atoms with Crippen LogP contribution in [0.25, 0.3) is 0 Å². The van der Waals surface area contributed by atoms with Crippen LogP contribution >= 0.6 is 0 Å². The van der Waals surface area contributed by atoms with Crippen molar-refractivity contribution < 1.29 is 36.2 Å². The van der Waals surface area contributed by atoms with Gasteiger partial charge in [-0.15, -0.1) is 0 Å². The minimum Gasteiger partial charge on any atom is -0.477 e. The van der Waals surface area contributed by atoms with Crippen LogP contribution in [-0.2, 0) is 16.9 Å². The van der Waals surface area contributed by atoms with Crippen LogP contribution in [-0.4, -0.2) is 11.1 Å². The Bertz CT molecular complexity index is 451. The van der Waals surface area contributed by atoms with Crippen molar-refractivity contribution in [3.8, 4) is 0 Å². The molecule has 0 aliphatic carbocycles. The highest BCUT2D eigenvalue weighted by Gasteiger charge is 2.43. The summed E-state index contributed by atoms with van der Waals surface area (Å²) in [7, 11) is 0. The molecular weight excluding hydrogens is 254 g/mol. The summed E-state index contributed by atoms with van der Waals surface area (Å²) in [6.45, 7) is 0. The quantitative estimate of drug-likeness (QED) is 0.828. The third-order valence-corrected chi connectivity index (χ3v) is 1.90. The molecule has 1 aromatic rings. The summed E-state index contributed by atoms with van der Waals surface area (Å²) in [6, 6.07) is 0.219. The van der Waals surface area contributed by atoms with E-state index >= 15 is 0 Å². The molecular formula is C9H4F6O2. The third-order valence-electron chi connectivity index (χ3n) is 1.90. The van der Waals surface area contributed by atoms with E-state index in [1.54, 1.807) is 0 Å². The number of hydrogen-bond donors (Lipinski definition) is 1. The maximum atomic E-state index is 12.9. The lowest BCUT2D eigenvalue weighted by Gasteiger charge is -2.14. The SMILES string of the molecule is O=C(O)C(F)(F)c1ccc(F)c(C(F)(F)F)c1. The number of carboxylic acid groups (broad SMARTS) is 1. The van der Waals surface area contributed by atoms with E-state index in [0.29, 0.717) is 6.07 Å². The van der Waals surface area contributed by atoms with Gasteiger partial charge in [0, 0.05) is 5.56 Å². The molecule has 0 aliphatic rings. The summed E-state index contributed by atoms with van der Waals surface area (Å²) in [5.41, 5.74) is -3.37. The lowest BCUT2D eigenvalue weighted by atomic mass is 10.0. The fourth-order valence-corrected chi connectivity index (χ4v) is 1.06. The predicted molar refractivity (Wildman–Crippen MR) is 42.9 cm³/mol. The number of carboxylic acids is 1. The summed E-state index contributed by atoms with van der Waals surface area (Å²) in [5.74, 6) is -8.87. The van der Waals surface area contributed by atoms with Crippen LogP contribution in [0.4, 0.5) is 26.3 Å². The van der Waals surface area contributed by atoms with Gasteiger partial charge in [0.15, 0.2) is 0 Å². The minimum absolute atomic E-state index is 0.148. The largest absolute Gasteiger partial charge is 0.477 e. The third kappa shape index (κ3) is 2.51. The van der Waals surface area contributed by atoms with Gasteiger partial charge in [0.05, 0.1) is 5.56 Å². The van der Waals surface area contributed by atoms with E-state index in [0.717, 1.165) is 0 Å². The van der Waals surface area contributed by atoms with Gasteiger partial charge < -0.3 is 5.11 Å². The van der Waals surface area contributed by atoms with E-state index in [2.05, 4.69) is 0 Å². The van der Waals surface area contributed by atoms with E-state index in [9.17, 15) is 31.1 Å². The lowest BCUT2D eigenvalue weighted by molar-refractivity contribution is -0.166. The highest BCUT2D eigenvalue weighted by atomic mass is 19.4. The summed E-state index contributed by atoms with van der Waals surface area (Å²) in [6.07, 6.45) is -5.17. The zero-order valence-corrected chi connectivity index (χ0v) is 7.86. The summed E-state index contributed by atoms with van der Waals surface area (Å²) in [4.78, 5) is 10.1. The normalized spacial score (nSPS) is 12.6. The molecule has 0 aromatic heterocycles. The standard InChI is InChI=1S/C9H4F6O2/c10-6-2-1-4(8(11,12)7(16)17)3-5(6)9(13,14)15/h1-3H,(H,16,17). The van der Waals surface area contributed by atoms with Crippen LogP contribution in [0.3, 0.4) is 0 Å². The Hall–Kier alpha value is -1.73. The first-order valence-electron chi connectivity index (χ1n) is 4.05. The van der Waals surface area contributed by atoms with E-state index in [1.807, 2.05) is 0 Å². The van der Waals surface area contributed by atoms with Gasteiger partial charge in [-0.3, -0.25) is 0 Å². The fraction of sp³-hybridized carbons (Fsp3) is 0.222. The molecule has 17 heavy (non-hydrogen) atoms. The van der Waals surface area contributed by atoms with E-state index in [-0.39, 0.29) is 12.1 Å². The van der Waals surface area contributed by atoms with Crippen molar-refractivity contribution in [3.05, 3.63) is 35.1 Å². The number of alkyl halides is 5. The van der Waals surface area contributed by atoms with Crippen LogP contribution in [0.2, 0.25) is 0 Å². The van der Waals surface area contributed by atoms with Gasteiger partial charge in [0.2, 0.25) is 0 Å². The van der Waals surface area contributed by atoms with Crippen molar-refractivity contribution in [1.82, 2.24) is 0 Å². The first-order chi connectivity index (χ1) is 7.56. The van der Waals surface area contributed by atoms with Gasteiger partial charge in [-0.1, -0.05) is 0 Å². The second-order valence-corrected chi connectivity index (χ2v) is 3.07. The average molecular weight is 258 g/mol. The van der Waals surface area contributed by atoms with Gasteiger partial charge in [0.25, 0.3) is 0 Å². The molecule has 0 unspecified atom stereocenters.